The molecule has 0 aliphatic heterocycles. The molecule has 3 nitrogen and oxygen atoms in total. The van der Waals surface area contributed by atoms with Gasteiger partial charge >= 0.3 is 0 Å². The van der Waals surface area contributed by atoms with Crippen LogP contribution < -0.4 is 5.32 Å². The third-order valence-electron chi connectivity index (χ3n) is 3.50. The summed E-state index contributed by atoms with van der Waals surface area (Å²) in [4.78, 5) is 16.7. The minimum Gasteiger partial charge on any atom is -0.321 e. The molecule has 0 saturated carbocycles. The monoisotopic (exact) mass is 276 g/mol. The summed E-state index contributed by atoms with van der Waals surface area (Å²) in [5.41, 5.74) is 4.53. The van der Waals surface area contributed by atoms with Crippen LogP contribution in [0.2, 0.25) is 0 Å². The van der Waals surface area contributed by atoms with Crippen LogP contribution in [0.4, 0.5) is 5.69 Å². The largest absolute Gasteiger partial charge is 0.321 e. The Labute approximate surface area is 123 Å². The van der Waals surface area contributed by atoms with E-state index in [1.807, 2.05) is 62.4 Å². The summed E-state index contributed by atoms with van der Waals surface area (Å²) in [5, 5.41) is 3.93. The molecule has 0 aliphatic carbocycles. The molecule has 0 unspecified atom stereocenters. The van der Waals surface area contributed by atoms with Crippen molar-refractivity contribution in [1.82, 2.24) is 4.98 Å². The number of fused-ring (bicyclic) bond motifs is 1. The van der Waals surface area contributed by atoms with Crippen molar-refractivity contribution >= 4 is 22.5 Å². The van der Waals surface area contributed by atoms with Crippen molar-refractivity contribution in [2.75, 3.05) is 5.32 Å². The Hall–Kier alpha value is -2.68. The van der Waals surface area contributed by atoms with Gasteiger partial charge in [0.25, 0.3) is 5.91 Å². The number of nitrogens with zero attached hydrogens (tertiary/aromatic N) is 1. The molecule has 21 heavy (non-hydrogen) atoms. The number of amides is 1. The first-order chi connectivity index (χ1) is 10.1. The summed E-state index contributed by atoms with van der Waals surface area (Å²) in [6.45, 7) is 3.99. The lowest BCUT2D eigenvalue weighted by Crippen LogP contribution is -2.12. The van der Waals surface area contributed by atoms with Gasteiger partial charge in [0.2, 0.25) is 0 Å². The van der Waals surface area contributed by atoms with Gasteiger partial charge in [-0.05, 0) is 49.7 Å². The van der Waals surface area contributed by atoms with Gasteiger partial charge in [-0.2, -0.15) is 0 Å². The van der Waals surface area contributed by atoms with Crippen molar-refractivity contribution < 1.29 is 4.79 Å². The second-order valence-electron chi connectivity index (χ2n) is 5.15. The van der Waals surface area contributed by atoms with E-state index < -0.39 is 0 Å². The lowest BCUT2D eigenvalue weighted by atomic mass is 10.1. The Morgan fingerprint density at radius 2 is 1.90 bits per heavy atom. The molecule has 3 aromatic rings. The maximum Gasteiger partial charge on any atom is 0.255 e. The lowest BCUT2D eigenvalue weighted by molar-refractivity contribution is 0.102. The van der Waals surface area contributed by atoms with Crippen LogP contribution in [0, 0.1) is 13.8 Å². The standard InChI is InChI=1S/C18H16N2O/c1-12-5-3-6-14(11-12)18(21)20-16-9-8-13(2)17-15(16)7-4-10-19-17/h3-11H,1-2H3,(H,20,21). The van der Waals surface area contributed by atoms with E-state index in [4.69, 9.17) is 0 Å². The summed E-state index contributed by atoms with van der Waals surface area (Å²) in [7, 11) is 0. The van der Waals surface area contributed by atoms with Gasteiger partial charge in [-0.25, -0.2) is 0 Å². The average molecular weight is 276 g/mol. The molecule has 2 aromatic carbocycles. The number of carbonyl (C=O) groups is 1. The van der Waals surface area contributed by atoms with Gasteiger partial charge in [-0.15, -0.1) is 0 Å². The van der Waals surface area contributed by atoms with Crippen molar-refractivity contribution in [3.8, 4) is 0 Å². The van der Waals surface area contributed by atoms with Crippen molar-refractivity contribution in [2.45, 2.75) is 13.8 Å². The van der Waals surface area contributed by atoms with Crippen LogP contribution >= 0.6 is 0 Å². The summed E-state index contributed by atoms with van der Waals surface area (Å²) < 4.78 is 0. The number of benzene rings is 2. The summed E-state index contributed by atoms with van der Waals surface area (Å²) >= 11 is 0. The zero-order chi connectivity index (χ0) is 14.8. The third-order valence-corrected chi connectivity index (χ3v) is 3.50. The van der Waals surface area contributed by atoms with Crippen LogP contribution in [0.15, 0.2) is 54.7 Å². The van der Waals surface area contributed by atoms with E-state index in [2.05, 4.69) is 10.3 Å². The van der Waals surface area contributed by atoms with Crippen LogP contribution in [0.5, 0.6) is 0 Å². The Kier molecular flexibility index (Phi) is 3.40. The number of hydrogen-bond acceptors (Lipinski definition) is 2. The number of pyridine rings is 1. The fourth-order valence-electron chi connectivity index (χ4n) is 2.40. The number of aryl methyl sites for hydroxylation is 2. The molecule has 1 amide bonds. The van der Waals surface area contributed by atoms with E-state index in [0.29, 0.717) is 5.56 Å². The van der Waals surface area contributed by atoms with E-state index in [1.165, 1.54) is 0 Å². The van der Waals surface area contributed by atoms with Gasteiger partial charge in [-0.1, -0.05) is 23.8 Å². The minimum atomic E-state index is -0.104. The van der Waals surface area contributed by atoms with E-state index in [-0.39, 0.29) is 5.91 Å². The van der Waals surface area contributed by atoms with E-state index in [9.17, 15) is 4.79 Å². The highest BCUT2D eigenvalue weighted by Gasteiger charge is 2.09. The van der Waals surface area contributed by atoms with Gasteiger partial charge in [-0.3, -0.25) is 9.78 Å². The molecular weight excluding hydrogens is 260 g/mol. The molecule has 0 radical (unpaired) electrons. The van der Waals surface area contributed by atoms with Gasteiger partial charge in [0, 0.05) is 17.1 Å². The van der Waals surface area contributed by atoms with Crippen LogP contribution in [-0.2, 0) is 0 Å². The number of hydrogen-bond donors (Lipinski definition) is 1. The third kappa shape index (κ3) is 2.63. The van der Waals surface area contributed by atoms with E-state index in [0.717, 1.165) is 27.7 Å². The summed E-state index contributed by atoms with van der Waals surface area (Å²) in [5.74, 6) is -0.104. The highest BCUT2D eigenvalue weighted by atomic mass is 16.1. The fraction of sp³-hybridized carbons (Fsp3) is 0.111. The van der Waals surface area contributed by atoms with E-state index >= 15 is 0 Å². The molecule has 0 atom stereocenters. The molecule has 104 valence electrons. The lowest BCUT2D eigenvalue weighted by Gasteiger charge is -2.10. The minimum absolute atomic E-state index is 0.104. The summed E-state index contributed by atoms with van der Waals surface area (Å²) in [6, 6.07) is 15.3. The van der Waals surface area contributed by atoms with Crippen molar-refractivity contribution in [2.24, 2.45) is 0 Å². The number of aromatic nitrogens is 1. The smallest absolute Gasteiger partial charge is 0.255 e. The Morgan fingerprint density at radius 3 is 2.71 bits per heavy atom. The number of anilines is 1. The van der Waals surface area contributed by atoms with Crippen LogP contribution in [0.25, 0.3) is 10.9 Å². The molecule has 3 rings (SSSR count). The van der Waals surface area contributed by atoms with Crippen LogP contribution in [0.3, 0.4) is 0 Å². The average Bonchev–Trinajstić information content (AvgIpc) is 2.50. The SMILES string of the molecule is Cc1cccc(C(=O)Nc2ccc(C)c3ncccc23)c1. The molecule has 1 N–H and O–H groups in total. The Balaban J connectivity index is 1.99. The number of carbonyl (C=O) groups excluding carboxylic acids is 1. The zero-order valence-electron chi connectivity index (χ0n) is 12.1. The van der Waals surface area contributed by atoms with Gasteiger partial charge in [0.15, 0.2) is 0 Å². The molecule has 0 spiro atoms. The maximum atomic E-state index is 12.4. The normalized spacial score (nSPS) is 10.6. The number of rotatable bonds is 2. The Bertz CT molecular complexity index is 824. The zero-order valence-corrected chi connectivity index (χ0v) is 12.1. The molecule has 0 bridgehead atoms. The van der Waals surface area contributed by atoms with Crippen molar-refractivity contribution in [3.05, 3.63) is 71.4 Å². The van der Waals surface area contributed by atoms with Gasteiger partial charge in [0.1, 0.15) is 0 Å². The predicted molar refractivity (Wildman–Crippen MR) is 85.6 cm³/mol. The van der Waals surface area contributed by atoms with Gasteiger partial charge < -0.3 is 5.32 Å². The molecule has 0 fully saturated rings. The summed E-state index contributed by atoms with van der Waals surface area (Å²) in [6.07, 6.45) is 1.77. The van der Waals surface area contributed by atoms with Crippen LogP contribution in [0.1, 0.15) is 21.5 Å². The highest BCUT2D eigenvalue weighted by molar-refractivity contribution is 6.09. The second-order valence-corrected chi connectivity index (χ2v) is 5.15. The molecular formula is C18H16N2O. The van der Waals surface area contributed by atoms with Crippen molar-refractivity contribution in [1.29, 1.82) is 0 Å². The van der Waals surface area contributed by atoms with Crippen molar-refractivity contribution in [3.63, 3.8) is 0 Å². The molecule has 0 saturated heterocycles. The second kappa shape index (κ2) is 5.37. The van der Waals surface area contributed by atoms with Crippen LogP contribution in [-0.4, -0.2) is 10.9 Å². The first-order valence-corrected chi connectivity index (χ1v) is 6.87. The Morgan fingerprint density at radius 1 is 1.05 bits per heavy atom. The molecule has 1 heterocycles. The first kappa shape index (κ1) is 13.3. The molecule has 0 aliphatic rings. The predicted octanol–water partition coefficient (Wildman–Crippen LogP) is 4.10. The quantitative estimate of drug-likeness (QED) is 0.765. The topological polar surface area (TPSA) is 42.0 Å². The molecule has 1 aromatic heterocycles. The highest BCUT2D eigenvalue weighted by Crippen LogP contribution is 2.25. The molecule has 3 heteroatoms. The number of nitrogens with one attached hydrogen (secondary N) is 1. The van der Waals surface area contributed by atoms with Gasteiger partial charge in [0.05, 0.1) is 11.2 Å². The van der Waals surface area contributed by atoms with E-state index in [1.54, 1.807) is 6.20 Å². The fourth-order valence-corrected chi connectivity index (χ4v) is 2.40. The maximum absolute atomic E-state index is 12.4. The first-order valence-electron chi connectivity index (χ1n) is 6.87.